The molecule has 3 heterocycles. The molecule has 0 bridgehead atoms. The van der Waals surface area contributed by atoms with Gasteiger partial charge in [-0.05, 0) is 72.2 Å². The Balaban J connectivity index is 1.33. The molecule has 17 heteroatoms. The van der Waals surface area contributed by atoms with Crippen LogP contribution in [-0.2, 0) is 34.6 Å². The van der Waals surface area contributed by atoms with Crippen molar-refractivity contribution in [2.75, 3.05) is 13.2 Å². The molecule has 1 saturated heterocycles. The molecule has 1 saturated carbocycles. The van der Waals surface area contributed by atoms with E-state index in [2.05, 4.69) is 27.2 Å². The highest BCUT2D eigenvalue weighted by Crippen LogP contribution is 2.68. The number of ether oxygens (including phenoxy) is 1. The molecule has 0 spiro atoms. The molecule has 2 fully saturated rings. The number of fused-ring (bicyclic) bond motifs is 3. The second-order valence-corrected chi connectivity index (χ2v) is 13.5. The number of primary amides is 1. The van der Waals surface area contributed by atoms with Crippen LogP contribution in [0.25, 0.3) is 11.1 Å². The summed E-state index contributed by atoms with van der Waals surface area (Å²) in [4.78, 5) is 30.3. The lowest BCUT2D eigenvalue weighted by Crippen LogP contribution is -2.35. The summed E-state index contributed by atoms with van der Waals surface area (Å²) in [7, 11) is 0. The van der Waals surface area contributed by atoms with Gasteiger partial charge in [-0.2, -0.15) is 27.1 Å². The lowest BCUT2D eigenvalue weighted by atomic mass is 9.93. The minimum Gasteiger partial charge on any atom is -0.381 e. The van der Waals surface area contributed by atoms with Crippen molar-refractivity contribution in [3.05, 3.63) is 105 Å². The van der Waals surface area contributed by atoms with Gasteiger partial charge in [0.2, 0.25) is 5.91 Å². The van der Waals surface area contributed by atoms with Crippen molar-refractivity contribution in [3.63, 3.8) is 0 Å². The maximum atomic E-state index is 15.3. The number of carbonyl (C=O) groups is 2. The van der Waals surface area contributed by atoms with Gasteiger partial charge in [0.25, 0.3) is 11.8 Å². The van der Waals surface area contributed by atoms with Crippen LogP contribution < -0.4 is 11.1 Å². The van der Waals surface area contributed by atoms with Gasteiger partial charge in [-0.25, -0.2) is 18.2 Å². The first-order valence-electron chi connectivity index (χ1n) is 16.7. The van der Waals surface area contributed by atoms with Gasteiger partial charge in [-0.1, -0.05) is 12.0 Å². The van der Waals surface area contributed by atoms with Crippen LogP contribution >= 0.6 is 0 Å². The molecular weight excluding hydrogens is 730 g/mol. The lowest BCUT2D eigenvalue weighted by molar-refractivity contribution is -0.142. The number of nitrogens with zero attached hydrogens (tertiary/aromatic N) is 3. The molecule has 9 nitrogen and oxygen atoms in total. The molecule has 1 unspecified atom stereocenters. The molecule has 282 valence electrons. The number of aromatic nitrogens is 3. The van der Waals surface area contributed by atoms with Crippen LogP contribution in [0.3, 0.4) is 0 Å². The maximum Gasteiger partial charge on any atom is 0.435 e. The summed E-state index contributed by atoms with van der Waals surface area (Å²) in [5.41, 5.74) is 0.425. The van der Waals surface area contributed by atoms with Crippen LogP contribution in [0.15, 0.2) is 48.5 Å². The molecule has 2 amide bonds. The normalized spacial score (nSPS) is 19.9. The average molecular weight is 760 g/mol. The van der Waals surface area contributed by atoms with Crippen molar-refractivity contribution in [1.82, 2.24) is 20.1 Å². The SMILES string of the molecule is NC(=O)c1cc(-c2ccc(C#CC3(O)CCOCC3)nc2[C@H](Cc2cc(F)cc(F)c2)NC(=O)Cn2nc(C(F)(F)F)c3c2C(F)(F)C2C[C@H]32)ccc1F. The molecule has 2 aromatic heterocycles. The number of alkyl halides is 5. The third-order valence-corrected chi connectivity index (χ3v) is 9.73. The Hall–Kier alpha value is -5.34. The minimum atomic E-state index is -5.08. The zero-order valence-electron chi connectivity index (χ0n) is 27.9. The van der Waals surface area contributed by atoms with Crippen LogP contribution in [-0.4, -0.2) is 50.5 Å². The number of amides is 2. The first-order valence-corrected chi connectivity index (χ1v) is 16.7. The number of hydrogen-bond donors (Lipinski definition) is 3. The number of hydrogen-bond acceptors (Lipinski definition) is 6. The highest BCUT2D eigenvalue weighted by molar-refractivity contribution is 5.94. The Morgan fingerprint density at radius 2 is 1.76 bits per heavy atom. The summed E-state index contributed by atoms with van der Waals surface area (Å²) < 4.78 is 121. The Labute approximate surface area is 301 Å². The zero-order chi connectivity index (χ0) is 38.7. The van der Waals surface area contributed by atoms with Crippen LogP contribution in [0.2, 0.25) is 0 Å². The van der Waals surface area contributed by atoms with E-state index >= 15 is 8.78 Å². The van der Waals surface area contributed by atoms with Gasteiger partial charge in [0, 0.05) is 36.0 Å². The molecule has 3 atom stereocenters. The maximum absolute atomic E-state index is 15.3. The van der Waals surface area contributed by atoms with E-state index in [1.165, 1.54) is 18.2 Å². The number of carbonyl (C=O) groups excluding carboxylic acids is 2. The fourth-order valence-electron chi connectivity index (χ4n) is 7.10. The largest absolute Gasteiger partial charge is 0.435 e. The van der Waals surface area contributed by atoms with Crippen LogP contribution in [0.4, 0.5) is 35.1 Å². The number of pyridine rings is 1. The Morgan fingerprint density at radius 1 is 1.06 bits per heavy atom. The standard InChI is InChI=1S/C37H29F8N5O4/c38-20-11-18(12-21(39)15-20)13-28(48-29(51)17-50-33-30(32(49-50)37(43,44)45)24-16-26(24)36(33,41)42)31-23(19-1-4-27(40)25(14-19)34(46)52)3-2-22(47-31)5-6-35(53)7-9-54-10-8-35/h1-4,11-12,14-15,24,26,28,53H,7-10,13,16-17H2,(H2,46,52)(H,48,51)/t24-,26?,28-/m0/s1. The molecule has 54 heavy (non-hydrogen) atoms. The van der Waals surface area contributed by atoms with Crippen molar-refractivity contribution in [2.45, 2.75) is 61.9 Å². The summed E-state index contributed by atoms with van der Waals surface area (Å²) in [6.07, 6.45) is -5.29. The number of aliphatic hydroxyl groups is 1. The van der Waals surface area contributed by atoms with Crippen molar-refractivity contribution < 1.29 is 54.6 Å². The van der Waals surface area contributed by atoms with E-state index < -0.39 is 100 Å². The summed E-state index contributed by atoms with van der Waals surface area (Å²) in [6.45, 7) is -0.621. The average Bonchev–Trinajstić information content (AvgIpc) is 3.75. The van der Waals surface area contributed by atoms with Crippen LogP contribution in [0.1, 0.15) is 75.5 Å². The highest BCUT2D eigenvalue weighted by Gasteiger charge is 2.68. The minimum absolute atomic E-state index is 0.0224. The molecule has 4 aromatic rings. The van der Waals surface area contributed by atoms with E-state index in [1.807, 2.05) is 0 Å². The van der Waals surface area contributed by atoms with E-state index in [4.69, 9.17) is 10.5 Å². The predicted molar refractivity (Wildman–Crippen MR) is 173 cm³/mol. The molecule has 1 aliphatic heterocycles. The van der Waals surface area contributed by atoms with Gasteiger partial charge < -0.3 is 20.9 Å². The van der Waals surface area contributed by atoms with Crippen molar-refractivity contribution >= 4 is 11.8 Å². The van der Waals surface area contributed by atoms with E-state index in [1.54, 1.807) is 0 Å². The van der Waals surface area contributed by atoms with Crippen molar-refractivity contribution in [3.8, 4) is 23.0 Å². The quantitative estimate of drug-likeness (QED) is 0.157. The Morgan fingerprint density at radius 3 is 2.43 bits per heavy atom. The summed E-state index contributed by atoms with van der Waals surface area (Å²) in [6, 6.07) is 7.27. The first-order chi connectivity index (χ1) is 25.4. The third-order valence-electron chi connectivity index (χ3n) is 9.73. The number of nitrogens with one attached hydrogen (secondary N) is 1. The fraction of sp³-hybridized carbons (Fsp3) is 0.351. The van der Waals surface area contributed by atoms with Crippen LogP contribution in [0.5, 0.6) is 0 Å². The van der Waals surface area contributed by atoms with Gasteiger partial charge in [-0.15, -0.1) is 0 Å². The van der Waals surface area contributed by atoms with Crippen molar-refractivity contribution in [2.24, 2.45) is 11.7 Å². The van der Waals surface area contributed by atoms with E-state index in [0.29, 0.717) is 10.7 Å². The van der Waals surface area contributed by atoms with E-state index in [0.717, 1.165) is 24.3 Å². The monoisotopic (exact) mass is 759 g/mol. The van der Waals surface area contributed by atoms with Gasteiger partial charge in [-0.3, -0.25) is 14.3 Å². The number of rotatable bonds is 8. The second kappa shape index (κ2) is 13.5. The topological polar surface area (TPSA) is 132 Å². The summed E-state index contributed by atoms with van der Waals surface area (Å²) in [5, 5.41) is 16.9. The Bertz CT molecular complexity index is 2220. The van der Waals surface area contributed by atoms with E-state index in [9.17, 15) is 41.0 Å². The first kappa shape index (κ1) is 37.0. The molecule has 2 aliphatic carbocycles. The zero-order valence-corrected chi connectivity index (χ0v) is 27.9. The predicted octanol–water partition coefficient (Wildman–Crippen LogP) is 5.68. The summed E-state index contributed by atoms with van der Waals surface area (Å²) >= 11 is 0. The van der Waals surface area contributed by atoms with Gasteiger partial charge >= 0.3 is 6.18 Å². The number of benzene rings is 2. The number of nitrogens with two attached hydrogens (primary N) is 1. The molecule has 2 aromatic carbocycles. The van der Waals surface area contributed by atoms with Crippen LogP contribution in [0, 0.1) is 35.2 Å². The van der Waals surface area contributed by atoms with Gasteiger partial charge in [0.05, 0.1) is 30.5 Å². The molecule has 4 N–H and O–H groups in total. The molecule has 3 aliphatic rings. The fourth-order valence-corrected chi connectivity index (χ4v) is 7.10. The molecular formula is C37H29F8N5O4. The molecule has 7 rings (SSSR count). The van der Waals surface area contributed by atoms with Gasteiger partial charge in [0.15, 0.2) is 5.69 Å². The Kier molecular flexibility index (Phi) is 9.25. The third kappa shape index (κ3) is 7.15. The summed E-state index contributed by atoms with van der Waals surface area (Å²) in [5.74, 6) is -5.73. The number of halogens is 8. The smallest absolute Gasteiger partial charge is 0.381 e. The van der Waals surface area contributed by atoms with Gasteiger partial charge in [0.1, 0.15) is 41.0 Å². The second-order valence-electron chi connectivity index (χ2n) is 13.5. The highest BCUT2D eigenvalue weighted by atomic mass is 19.4. The molecule has 0 radical (unpaired) electrons. The van der Waals surface area contributed by atoms with E-state index in [-0.39, 0.29) is 60.6 Å². The lowest BCUT2D eigenvalue weighted by Gasteiger charge is -2.26. The van der Waals surface area contributed by atoms with Crippen molar-refractivity contribution in [1.29, 1.82) is 0 Å².